The fourth-order valence-corrected chi connectivity index (χ4v) is 3.21. The second kappa shape index (κ2) is 9.39. The Labute approximate surface area is 169 Å². The molecule has 0 saturated heterocycles. The van der Waals surface area contributed by atoms with Gasteiger partial charge >= 0.3 is 5.97 Å². The first-order valence-electron chi connectivity index (χ1n) is 8.53. The van der Waals surface area contributed by atoms with E-state index in [1.807, 2.05) is 0 Å². The van der Waals surface area contributed by atoms with E-state index in [1.165, 1.54) is 38.6 Å². The summed E-state index contributed by atoms with van der Waals surface area (Å²) in [4.78, 5) is 25.7. The number of carbonyl (C=O) groups excluding carboxylic acids is 2. The third-order valence-corrected chi connectivity index (χ3v) is 5.59. The van der Waals surface area contributed by atoms with Crippen molar-refractivity contribution in [1.82, 2.24) is 4.31 Å². The summed E-state index contributed by atoms with van der Waals surface area (Å²) >= 11 is 0. The number of amides is 1. The van der Waals surface area contributed by atoms with Crippen molar-refractivity contribution in [3.05, 3.63) is 48.4 Å². The lowest BCUT2D eigenvalue weighted by Gasteiger charge is -2.20. The largest absolute Gasteiger partial charge is 0.465 e. The number of esters is 1. The van der Waals surface area contributed by atoms with Crippen molar-refractivity contribution >= 4 is 39.4 Å². The summed E-state index contributed by atoms with van der Waals surface area (Å²) in [6, 6.07) is 7.74. The molecule has 0 radical (unpaired) electrons. The van der Waals surface area contributed by atoms with E-state index in [9.17, 15) is 18.0 Å². The van der Waals surface area contributed by atoms with Gasteiger partial charge < -0.3 is 19.4 Å². The number of hydrogen-bond acceptors (Lipinski definition) is 7. The summed E-state index contributed by atoms with van der Waals surface area (Å²) in [7, 11) is 2.68. The Bertz CT molecular complexity index is 995. The predicted octanol–water partition coefficient (Wildman–Crippen LogP) is 1.79. The van der Waals surface area contributed by atoms with E-state index < -0.39 is 28.5 Å². The monoisotopic (exact) mass is 421 g/mol. The summed E-state index contributed by atoms with van der Waals surface area (Å²) in [6.07, 6.45) is 4.02. The van der Waals surface area contributed by atoms with Crippen LogP contribution in [0.2, 0.25) is 0 Å². The van der Waals surface area contributed by atoms with Crippen molar-refractivity contribution in [2.45, 2.75) is 4.90 Å². The van der Waals surface area contributed by atoms with E-state index in [-0.39, 0.29) is 10.6 Å². The van der Waals surface area contributed by atoms with Crippen LogP contribution in [0.1, 0.15) is 5.76 Å². The zero-order valence-corrected chi connectivity index (χ0v) is 17.4. The Kier molecular flexibility index (Phi) is 7.18. The maximum absolute atomic E-state index is 12.4. The van der Waals surface area contributed by atoms with Crippen LogP contribution in [0.15, 0.2) is 52.0 Å². The number of furan rings is 1. The Morgan fingerprint density at radius 2 is 1.90 bits per heavy atom. The van der Waals surface area contributed by atoms with Crippen LogP contribution in [0.4, 0.5) is 11.4 Å². The van der Waals surface area contributed by atoms with Gasteiger partial charge in [-0.1, -0.05) is 0 Å². The van der Waals surface area contributed by atoms with E-state index in [2.05, 4.69) is 5.32 Å². The van der Waals surface area contributed by atoms with E-state index in [0.717, 1.165) is 10.4 Å². The van der Waals surface area contributed by atoms with Crippen molar-refractivity contribution in [1.29, 1.82) is 0 Å². The topological polar surface area (TPSA) is 109 Å². The molecule has 29 heavy (non-hydrogen) atoms. The van der Waals surface area contributed by atoms with Gasteiger partial charge in [0.25, 0.3) is 5.91 Å². The molecule has 1 amide bonds. The van der Waals surface area contributed by atoms with Crippen LogP contribution < -0.4 is 10.2 Å². The second-order valence-electron chi connectivity index (χ2n) is 6.37. The second-order valence-corrected chi connectivity index (χ2v) is 8.52. The van der Waals surface area contributed by atoms with Crippen LogP contribution in [-0.4, -0.2) is 59.4 Å². The minimum atomic E-state index is -3.67. The number of nitrogens with one attached hydrogen (secondary N) is 1. The molecule has 0 unspecified atom stereocenters. The van der Waals surface area contributed by atoms with Crippen LogP contribution in [0.25, 0.3) is 6.08 Å². The molecule has 9 nitrogen and oxygen atoms in total. The lowest BCUT2D eigenvalue weighted by Crippen LogP contribution is -2.24. The number of nitrogens with zero attached hydrogens (tertiary/aromatic N) is 2. The van der Waals surface area contributed by atoms with Gasteiger partial charge in [-0.15, -0.1) is 0 Å². The zero-order chi connectivity index (χ0) is 21.6. The number of ether oxygens (including phenoxy) is 1. The molecule has 1 aromatic heterocycles. The summed E-state index contributed by atoms with van der Waals surface area (Å²) in [5, 5.41) is 2.58. The molecule has 156 valence electrons. The normalized spacial score (nSPS) is 11.6. The average Bonchev–Trinajstić information content (AvgIpc) is 3.18. The molecule has 0 spiro atoms. The highest BCUT2D eigenvalue weighted by Crippen LogP contribution is 2.28. The molecule has 1 N–H and O–H groups in total. The quantitative estimate of drug-likeness (QED) is 0.511. The van der Waals surface area contributed by atoms with Crippen molar-refractivity contribution in [2.24, 2.45) is 0 Å². The molecule has 0 atom stereocenters. The van der Waals surface area contributed by atoms with E-state index in [4.69, 9.17) is 9.15 Å². The first kappa shape index (κ1) is 22.2. The SMILES string of the molecule is CN(C)c1ccc(S(=O)(=O)N(C)C)cc1NC(=O)COC(=O)/C=C/c1ccco1. The molecule has 2 rings (SSSR count). The van der Waals surface area contributed by atoms with Crippen molar-refractivity contribution < 1.29 is 27.2 Å². The molecule has 0 bridgehead atoms. The lowest BCUT2D eigenvalue weighted by atomic mass is 10.2. The highest BCUT2D eigenvalue weighted by atomic mass is 32.2. The lowest BCUT2D eigenvalue weighted by molar-refractivity contribution is -0.142. The fourth-order valence-electron chi connectivity index (χ4n) is 2.28. The molecule has 0 fully saturated rings. The first-order chi connectivity index (χ1) is 13.6. The van der Waals surface area contributed by atoms with Crippen molar-refractivity contribution in [2.75, 3.05) is 45.0 Å². The number of anilines is 2. The van der Waals surface area contributed by atoms with Gasteiger partial charge in [0.15, 0.2) is 6.61 Å². The third kappa shape index (κ3) is 5.93. The summed E-state index contributed by atoms with van der Waals surface area (Å²) in [5.74, 6) is -0.846. The molecule has 0 saturated carbocycles. The van der Waals surface area contributed by atoms with Gasteiger partial charge in [0.1, 0.15) is 5.76 Å². The van der Waals surface area contributed by atoms with Gasteiger partial charge in [-0.25, -0.2) is 17.5 Å². The predicted molar refractivity (Wildman–Crippen MR) is 109 cm³/mol. The number of sulfonamides is 1. The zero-order valence-electron chi connectivity index (χ0n) is 16.6. The molecule has 0 aliphatic rings. The van der Waals surface area contributed by atoms with Crippen LogP contribution in [-0.2, 0) is 24.3 Å². The van der Waals surface area contributed by atoms with Crippen molar-refractivity contribution in [3.8, 4) is 0 Å². The van der Waals surface area contributed by atoms with Crippen LogP contribution >= 0.6 is 0 Å². The van der Waals surface area contributed by atoms with E-state index >= 15 is 0 Å². The Morgan fingerprint density at radius 3 is 2.48 bits per heavy atom. The molecule has 2 aromatic rings. The van der Waals surface area contributed by atoms with Gasteiger partial charge in [0.2, 0.25) is 10.0 Å². The highest BCUT2D eigenvalue weighted by molar-refractivity contribution is 7.89. The number of hydrogen-bond donors (Lipinski definition) is 1. The number of benzene rings is 1. The Balaban J connectivity index is 2.08. The molecule has 10 heteroatoms. The van der Waals surface area contributed by atoms with Crippen molar-refractivity contribution in [3.63, 3.8) is 0 Å². The number of carbonyl (C=O) groups is 2. The summed E-state index contributed by atoms with van der Waals surface area (Å²) < 4.78 is 35.7. The summed E-state index contributed by atoms with van der Waals surface area (Å²) in [6.45, 7) is -0.529. The highest BCUT2D eigenvalue weighted by Gasteiger charge is 2.20. The standard InChI is InChI=1S/C19H23N3O6S/c1-21(2)17-9-8-15(29(25,26)22(3)4)12-16(17)20-18(23)13-28-19(24)10-7-14-6-5-11-27-14/h5-12H,13H2,1-4H3,(H,20,23)/b10-7+. The Morgan fingerprint density at radius 1 is 1.17 bits per heavy atom. The van der Waals surface area contributed by atoms with E-state index in [1.54, 1.807) is 37.2 Å². The molecule has 1 heterocycles. The number of rotatable bonds is 8. The molecule has 0 aliphatic carbocycles. The smallest absolute Gasteiger partial charge is 0.331 e. The minimum Gasteiger partial charge on any atom is -0.465 e. The van der Waals surface area contributed by atoms with E-state index in [0.29, 0.717) is 11.4 Å². The minimum absolute atomic E-state index is 0.0294. The summed E-state index contributed by atoms with van der Waals surface area (Å²) in [5.41, 5.74) is 0.880. The van der Waals surface area contributed by atoms with Crippen LogP contribution in [0.5, 0.6) is 0 Å². The van der Waals surface area contributed by atoms with Crippen LogP contribution in [0.3, 0.4) is 0 Å². The molecule has 0 aliphatic heterocycles. The molecular formula is C19H23N3O6S. The first-order valence-corrected chi connectivity index (χ1v) is 9.97. The van der Waals surface area contributed by atoms with Gasteiger partial charge in [-0.3, -0.25) is 4.79 Å². The maximum atomic E-state index is 12.4. The molecular weight excluding hydrogens is 398 g/mol. The van der Waals surface area contributed by atoms with Gasteiger partial charge in [-0.2, -0.15) is 0 Å². The fraction of sp³-hybridized carbons (Fsp3) is 0.263. The van der Waals surface area contributed by atoms with Gasteiger partial charge in [0.05, 0.1) is 22.5 Å². The molecule has 1 aromatic carbocycles. The Hall–Kier alpha value is -3.11. The van der Waals surface area contributed by atoms with Gasteiger partial charge in [-0.05, 0) is 36.4 Å². The maximum Gasteiger partial charge on any atom is 0.331 e. The average molecular weight is 421 g/mol. The van der Waals surface area contributed by atoms with Gasteiger partial charge in [0, 0.05) is 34.3 Å². The van der Waals surface area contributed by atoms with Crippen LogP contribution in [0, 0.1) is 0 Å². The third-order valence-electron chi connectivity index (χ3n) is 3.77.